The van der Waals surface area contributed by atoms with Crippen LogP contribution in [0.5, 0.6) is 11.5 Å². The molecule has 2 rings (SSSR count). The Labute approximate surface area is 147 Å². The number of hydrogen-bond donors (Lipinski definition) is 0. The third-order valence-electron chi connectivity index (χ3n) is 4.01. The number of nitrogens with zero attached hydrogens (tertiary/aromatic N) is 2. The Morgan fingerprint density at radius 2 is 1.61 bits per heavy atom. The molecule has 1 fully saturated rings. The molecule has 1 aliphatic heterocycles. The Morgan fingerprint density at radius 1 is 0.957 bits per heavy atom. The van der Waals surface area contributed by atoms with Crippen molar-refractivity contribution in [1.82, 2.24) is 9.80 Å². The number of halogens is 1. The Morgan fingerprint density at radius 3 is 2.26 bits per heavy atom. The summed E-state index contributed by atoms with van der Waals surface area (Å²) in [6.45, 7) is 9.64. The van der Waals surface area contributed by atoms with Crippen molar-refractivity contribution in [3.05, 3.63) is 24.3 Å². The van der Waals surface area contributed by atoms with E-state index in [0.717, 1.165) is 37.6 Å². The molecule has 0 aromatic heterocycles. The van der Waals surface area contributed by atoms with Crippen LogP contribution in [0.15, 0.2) is 24.3 Å². The first-order valence-corrected chi connectivity index (χ1v) is 8.54. The number of piperazine rings is 1. The van der Waals surface area contributed by atoms with E-state index in [1.54, 1.807) is 0 Å². The van der Waals surface area contributed by atoms with E-state index in [0.29, 0.717) is 0 Å². The van der Waals surface area contributed by atoms with E-state index in [-0.39, 0.29) is 12.4 Å². The first kappa shape index (κ1) is 20.1. The summed E-state index contributed by atoms with van der Waals surface area (Å²) in [7, 11) is 2.20. The second-order valence-corrected chi connectivity index (χ2v) is 6.02. The van der Waals surface area contributed by atoms with E-state index >= 15 is 0 Å². The molecular weight excluding hydrogens is 312 g/mol. The van der Waals surface area contributed by atoms with Crippen molar-refractivity contribution in [1.29, 1.82) is 0 Å². The van der Waals surface area contributed by atoms with Gasteiger partial charge in [-0.25, -0.2) is 0 Å². The first-order chi connectivity index (χ1) is 10.8. The molecule has 0 aliphatic carbocycles. The van der Waals surface area contributed by atoms with E-state index in [4.69, 9.17) is 9.47 Å². The molecule has 0 amide bonds. The van der Waals surface area contributed by atoms with Crippen LogP contribution in [-0.2, 0) is 0 Å². The highest BCUT2D eigenvalue weighted by Gasteiger charge is 2.12. The lowest BCUT2D eigenvalue weighted by molar-refractivity contribution is 0.150. The molecule has 0 unspecified atom stereocenters. The zero-order valence-corrected chi connectivity index (χ0v) is 15.3. The summed E-state index contributed by atoms with van der Waals surface area (Å²) in [5.74, 6) is 1.81. The van der Waals surface area contributed by atoms with Gasteiger partial charge in [-0.3, -0.25) is 0 Å². The molecule has 1 heterocycles. The fourth-order valence-electron chi connectivity index (χ4n) is 2.57. The van der Waals surface area contributed by atoms with Crippen molar-refractivity contribution >= 4 is 12.4 Å². The summed E-state index contributed by atoms with van der Waals surface area (Å²) in [6, 6.07) is 7.95. The zero-order chi connectivity index (χ0) is 15.6. The summed E-state index contributed by atoms with van der Waals surface area (Å²) in [5.41, 5.74) is 0. The van der Waals surface area contributed by atoms with E-state index in [9.17, 15) is 0 Å². The summed E-state index contributed by atoms with van der Waals surface area (Å²) < 4.78 is 11.4. The van der Waals surface area contributed by atoms with Crippen molar-refractivity contribution < 1.29 is 9.47 Å². The van der Waals surface area contributed by atoms with E-state index < -0.39 is 0 Å². The van der Waals surface area contributed by atoms with Crippen molar-refractivity contribution in [3.63, 3.8) is 0 Å². The third-order valence-corrected chi connectivity index (χ3v) is 4.01. The van der Waals surface area contributed by atoms with Crippen molar-refractivity contribution in [2.45, 2.75) is 26.2 Å². The Balaban J connectivity index is 0.00000264. The van der Waals surface area contributed by atoms with Gasteiger partial charge in [-0.05, 0) is 45.0 Å². The van der Waals surface area contributed by atoms with Crippen LogP contribution >= 0.6 is 12.4 Å². The SMILES string of the molecule is CCCOc1cccc(OCCCCN2CCN(C)CC2)c1.Cl. The van der Waals surface area contributed by atoms with Gasteiger partial charge in [0.25, 0.3) is 0 Å². The van der Waals surface area contributed by atoms with Crippen LogP contribution in [-0.4, -0.2) is 62.8 Å². The average Bonchev–Trinajstić information content (AvgIpc) is 2.55. The number of unbranched alkanes of at least 4 members (excludes halogenated alkanes) is 1. The van der Waals surface area contributed by atoms with Crippen LogP contribution in [0.25, 0.3) is 0 Å². The maximum atomic E-state index is 5.83. The Bertz CT molecular complexity index is 423. The van der Waals surface area contributed by atoms with Crippen molar-refractivity contribution in [2.24, 2.45) is 0 Å². The molecule has 1 saturated heterocycles. The molecule has 1 aromatic rings. The average molecular weight is 343 g/mol. The fraction of sp³-hybridized carbons (Fsp3) is 0.667. The summed E-state index contributed by atoms with van der Waals surface area (Å²) in [6.07, 6.45) is 3.33. The maximum Gasteiger partial charge on any atom is 0.122 e. The van der Waals surface area contributed by atoms with Gasteiger partial charge in [0, 0.05) is 32.2 Å². The Kier molecular flexibility index (Phi) is 10.1. The molecule has 1 aliphatic rings. The highest BCUT2D eigenvalue weighted by Crippen LogP contribution is 2.19. The quantitative estimate of drug-likeness (QED) is 0.643. The predicted octanol–water partition coefficient (Wildman–Crippen LogP) is 3.30. The minimum atomic E-state index is 0. The highest BCUT2D eigenvalue weighted by molar-refractivity contribution is 5.85. The largest absolute Gasteiger partial charge is 0.493 e. The maximum absolute atomic E-state index is 5.83. The van der Waals surface area contributed by atoms with Gasteiger partial charge in [-0.15, -0.1) is 12.4 Å². The number of benzene rings is 1. The van der Waals surface area contributed by atoms with Gasteiger partial charge in [0.1, 0.15) is 11.5 Å². The second kappa shape index (κ2) is 11.5. The van der Waals surface area contributed by atoms with Gasteiger partial charge < -0.3 is 19.3 Å². The molecule has 0 bridgehead atoms. The molecule has 0 radical (unpaired) electrons. The van der Waals surface area contributed by atoms with Crippen molar-refractivity contribution in [3.8, 4) is 11.5 Å². The molecule has 23 heavy (non-hydrogen) atoms. The minimum Gasteiger partial charge on any atom is -0.493 e. The standard InChI is InChI=1S/C18H30N2O2.ClH/c1-3-14-21-17-7-6-8-18(16-17)22-15-5-4-9-20-12-10-19(2)11-13-20;/h6-8,16H,3-5,9-15H2,1-2H3;1H. The lowest BCUT2D eigenvalue weighted by Gasteiger charge is -2.32. The van der Waals surface area contributed by atoms with Gasteiger partial charge in [0.15, 0.2) is 0 Å². The lowest BCUT2D eigenvalue weighted by Crippen LogP contribution is -2.44. The van der Waals surface area contributed by atoms with Crippen LogP contribution in [0.2, 0.25) is 0 Å². The zero-order valence-electron chi connectivity index (χ0n) is 14.5. The molecule has 0 atom stereocenters. The highest BCUT2D eigenvalue weighted by atomic mass is 35.5. The molecule has 0 N–H and O–H groups in total. The predicted molar refractivity (Wildman–Crippen MR) is 98.1 cm³/mol. The summed E-state index contributed by atoms with van der Waals surface area (Å²) in [5, 5.41) is 0. The van der Waals surface area contributed by atoms with E-state index in [1.165, 1.54) is 39.1 Å². The summed E-state index contributed by atoms with van der Waals surface area (Å²) >= 11 is 0. The lowest BCUT2D eigenvalue weighted by atomic mass is 10.2. The molecule has 0 spiro atoms. The van der Waals surface area contributed by atoms with Gasteiger partial charge >= 0.3 is 0 Å². The van der Waals surface area contributed by atoms with Crippen LogP contribution in [0.4, 0.5) is 0 Å². The minimum absolute atomic E-state index is 0. The van der Waals surface area contributed by atoms with Crippen molar-refractivity contribution in [2.75, 3.05) is 53.0 Å². The second-order valence-electron chi connectivity index (χ2n) is 6.02. The number of ether oxygens (including phenoxy) is 2. The number of hydrogen-bond acceptors (Lipinski definition) is 4. The molecule has 4 nitrogen and oxygen atoms in total. The van der Waals surface area contributed by atoms with Gasteiger partial charge in [0.2, 0.25) is 0 Å². The van der Waals surface area contributed by atoms with Crippen LogP contribution in [0, 0.1) is 0 Å². The normalized spacial score (nSPS) is 15.9. The first-order valence-electron chi connectivity index (χ1n) is 8.54. The monoisotopic (exact) mass is 342 g/mol. The van der Waals surface area contributed by atoms with Crippen LogP contribution < -0.4 is 9.47 Å². The molecular formula is C18H31ClN2O2. The van der Waals surface area contributed by atoms with E-state index in [2.05, 4.69) is 23.8 Å². The molecule has 0 saturated carbocycles. The van der Waals surface area contributed by atoms with Gasteiger partial charge in [0.05, 0.1) is 13.2 Å². The van der Waals surface area contributed by atoms with Crippen LogP contribution in [0.3, 0.4) is 0 Å². The van der Waals surface area contributed by atoms with E-state index in [1.807, 2.05) is 24.3 Å². The molecule has 1 aromatic carbocycles. The Hall–Kier alpha value is -0.970. The summed E-state index contributed by atoms with van der Waals surface area (Å²) in [4.78, 5) is 4.95. The van der Waals surface area contributed by atoms with Gasteiger partial charge in [-0.1, -0.05) is 13.0 Å². The van der Waals surface area contributed by atoms with Crippen LogP contribution in [0.1, 0.15) is 26.2 Å². The number of likely N-dealkylation sites (N-methyl/N-ethyl adjacent to an activating group) is 1. The fourth-order valence-corrected chi connectivity index (χ4v) is 2.57. The molecule has 132 valence electrons. The van der Waals surface area contributed by atoms with Gasteiger partial charge in [-0.2, -0.15) is 0 Å². The third kappa shape index (κ3) is 7.91. The molecule has 5 heteroatoms. The smallest absolute Gasteiger partial charge is 0.122 e. The topological polar surface area (TPSA) is 24.9 Å². The number of rotatable bonds is 9.